The van der Waals surface area contributed by atoms with E-state index in [1.165, 1.54) is 18.4 Å². The van der Waals surface area contributed by atoms with Crippen molar-refractivity contribution in [2.75, 3.05) is 31.8 Å². The molecule has 1 aromatic heterocycles. The zero-order valence-corrected chi connectivity index (χ0v) is 18.3. The number of para-hydroxylation sites is 1. The van der Waals surface area contributed by atoms with E-state index >= 15 is 0 Å². The molecule has 1 aliphatic heterocycles. The Balaban J connectivity index is 1.77. The number of thiazole rings is 1. The SMILES string of the molecule is CCOc1cccc2sc(N(CC3CCCO3)C(=O)c3ccccc3C(=O)OC)nc12. The van der Waals surface area contributed by atoms with Crippen molar-refractivity contribution in [1.82, 2.24) is 4.98 Å². The molecule has 0 N–H and O–H groups in total. The third kappa shape index (κ3) is 4.40. The smallest absolute Gasteiger partial charge is 0.338 e. The second kappa shape index (κ2) is 9.45. The lowest BCUT2D eigenvalue weighted by atomic mass is 10.1. The van der Waals surface area contributed by atoms with E-state index in [-0.39, 0.29) is 23.1 Å². The topological polar surface area (TPSA) is 78.0 Å². The molecule has 1 fully saturated rings. The van der Waals surface area contributed by atoms with Gasteiger partial charge in [0.2, 0.25) is 0 Å². The van der Waals surface area contributed by atoms with Gasteiger partial charge < -0.3 is 14.2 Å². The molecular weight excluding hydrogens is 416 g/mol. The van der Waals surface area contributed by atoms with Crippen LogP contribution < -0.4 is 9.64 Å². The first kappa shape index (κ1) is 21.3. The quantitative estimate of drug-likeness (QED) is 0.510. The molecule has 0 saturated carbocycles. The average Bonchev–Trinajstić information content (AvgIpc) is 3.47. The number of hydrogen-bond donors (Lipinski definition) is 0. The molecule has 0 aliphatic carbocycles. The molecule has 8 heteroatoms. The second-order valence-electron chi connectivity index (χ2n) is 7.12. The molecular formula is C23H24N2O5S. The highest BCUT2D eigenvalue weighted by atomic mass is 32.1. The molecule has 1 unspecified atom stereocenters. The molecule has 1 aliphatic rings. The normalized spacial score (nSPS) is 15.7. The van der Waals surface area contributed by atoms with Gasteiger partial charge in [0.25, 0.3) is 5.91 Å². The van der Waals surface area contributed by atoms with Gasteiger partial charge in [-0.1, -0.05) is 29.5 Å². The van der Waals surface area contributed by atoms with Gasteiger partial charge in [0.1, 0.15) is 11.3 Å². The molecule has 3 aromatic rings. The summed E-state index contributed by atoms with van der Waals surface area (Å²) in [6, 6.07) is 12.4. The number of nitrogens with zero attached hydrogens (tertiary/aromatic N) is 2. The summed E-state index contributed by atoms with van der Waals surface area (Å²) < 4.78 is 17.3. The number of benzene rings is 2. The predicted molar refractivity (Wildman–Crippen MR) is 119 cm³/mol. The predicted octanol–water partition coefficient (Wildman–Crippen LogP) is 4.31. The van der Waals surface area contributed by atoms with Gasteiger partial charge in [-0.25, -0.2) is 9.78 Å². The van der Waals surface area contributed by atoms with E-state index in [1.54, 1.807) is 29.2 Å². The first-order valence-electron chi connectivity index (χ1n) is 10.3. The summed E-state index contributed by atoms with van der Waals surface area (Å²) in [4.78, 5) is 32.3. The van der Waals surface area contributed by atoms with Crippen molar-refractivity contribution in [3.05, 3.63) is 53.6 Å². The van der Waals surface area contributed by atoms with Crippen LogP contribution >= 0.6 is 11.3 Å². The third-order valence-electron chi connectivity index (χ3n) is 5.12. The minimum Gasteiger partial charge on any atom is -0.492 e. The minimum absolute atomic E-state index is 0.0763. The molecule has 1 saturated heterocycles. The second-order valence-corrected chi connectivity index (χ2v) is 8.13. The van der Waals surface area contributed by atoms with Crippen molar-refractivity contribution < 1.29 is 23.8 Å². The average molecular weight is 441 g/mol. The van der Waals surface area contributed by atoms with Gasteiger partial charge in [0.05, 0.1) is 42.2 Å². The summed E-state index contributed by atoms with van der Waals surface area (Å²) in [7, 11) is 1.30. The van der Waals surface area contributed by atoms with E-state index in [0.717, 1.165) is 23.1 Å². The zero-order valence-electron chi connectivity index (χ0n) is 17.5. The van der Waals surface area contributed by atoms with Crippen LogP contribution in [0.3, 0.4) is 0 Å². The highest BCUT2D eigenvalue weighted by Crippen LogP contribution is 2.35. The number of methoxy groups -OCH3 is 1. The lowest BCUT2D eigenvalue weighted by molar-refractivity contribution is 0.0596. The molecule has 0 spiro atoms. The fraction of sp³-hybridized carbons (Fsp3) is 0.348. The highest BCUT2D eigenvalue weighted by Gasteiger charge is 2.29. The van der Waals surface area contributed by atoms with Crippen molar-refractivity contribution in [1.29, 1.82) is 0 Å². The summed E-state index contributed by atoms with van der Waals surface area (Å²) in [5.41, 5.74) is 1.22. The third-order valence-corrected chi connectivity index (χ3v) is 6.16. The van der Waals surface area contributed by atoms with E-state index < -0.39 is 5.97 Å². The number of hydrogen-bond acceptors (Lipinski definition) is 7. The maximum atomic E-state index is 13.7. The van der Waals surface area contributed by atoms with Gasteiger partial charge in [-0.2, -0.15) is 0 Å². The van der Waals surface area contributed by atoms with Gasteiger partial charge in [-0.3, -0.25) is 9.69 Å². The fourth-order valence-corrected chi connectivity index (χ4v) is 4.63. The van der Waals surface area contributed by atoms with Crippen molar-refractivity contribution in [3.63, 3.8) is 0 Å². The van der Waals surface area contributed by atoms with Crippen molar-refractivity contribution >= 4 is 38.6 Å². The molecule has 2 aromatic carbocycles. The van der Waals surface area contributed by atoms with E-state index in [9.17, 15) is 9.59 Å². The Morgan fingerprint density at radius 3 is 2.71 bits per heavy atom. The van der Waals surface area contributed by atoms with Crippen LogP contribution in [0.2, 0.25) is 0 Å². The Hall–Kier alpha value is -2.97. The van der Waals surface area contributed by atoms with Crippen LogP contribution in [0.1, 0.15) is 40.5 Å². The summed E-state index contributed by atoms with van der Waals surface area (Å²) in [6.45, 7) is 3.48. The van der Waals surface area contributed by atoms with E-state index in [2.05, 4.69) is 0 Å². The number of esters is 1. The standard InChI is InChI=1S/C23H24N2O5S/c1-3-29-18-11-6-12-19-20(18)24-23(31-19)25(14-15-8-7-13-30-15)21(26)16-9-4-5-10-17(16)22(27)28-2/h4-6,9-12,15H,3,7-8,13-14H2,1-2H3. The van der Waals surface area contributed by atoms with Crippen LogP contribution in [-0.4, -0.2) is 49.8 Å². The first-order valence-corrected chi connectivity index (χ1v) is 11.1. The summed E-state index contributed by atoms with van der Waals surface area (Å²) in [6.07, 6.45) is 1.75. The van der Waals surface area contributed by atoms with Crippen LogP contribution in [0.4, 0.5) is 5.13 Å². The molecule has 4 rings (SSSR count). The largest absolute Gasteiger partial charge is 0.492 e. The van der Waals surface area contributed by atoms with E-state index in [1.807, 2.05) is 25.1 Å². The van der Waals surface area contributed by atoms with E-state index in [4.69, 9.17) is 19.2 Å². The fourth-order valence-electron chi connectivity index (χ4n) is 3.64. The molecule has 0 radical (unpaired) electrons. The lowest BCUT2D eigenvalue weighted by Gasteiger charge is -2.23. The van der Waals surface area contributed by atoms with Crippen molar-refractivity contribution in [2.24, 2.45) is 0 Å². The monoisotopic (exact) mass is 440 g/mol. The minimum atomic E-state index is -0.552. The van der Waals surface area contributed by atoms with E-state index in [0.29, 0.717) is 30.6 Å². The Morgan fingerprint density at radius 1 is 1.19 bits per heavy atom. The van der Waals surface area contributed by atoms with Crippen LogP contribution in [-0.2, 0) is 9.47 Å². The van der Waals surface area contributed by atoms with Crippen LogP contribution in [0.25, 0.3) is 10.2 Å². The molecule has 162 valence electrons. The summed E-state index contributed by atoms with van der Waals surface area (Å²) in [5, 5.41) is 0.544. The number of fused-ring (bicyclic) bond motifs is 1. The van der Waals surface area contributed by atoms with Crippen LogP contribution in [0.15, 0.2) is 42.5 Å². The van der Waals surface area contributed by atoms with Gasteiger partial charge in [-0.15, -0.1) is 0 Å². The van der Waals surface area contributed by atoms with Crippen molar-refractivity contribution in [2.45, 2.75) is 25.9 Å². The number of ether oxygens (including phenoxy) is 3. The molecule has 1 atom stereocenters. The zero-order chi connectivity index (χ0) is 21.8. The summed E-state index contributed by atoms with van der Waals surface area (Å²) in [5.74, 6) is -0.181. The van der Waals surface area contributed by atoms with Gasteiger partial charge in [0.15, 0.2) is 5.13 Å². The number of carbonyl (C=O) groups is 2. The Morgan fingerprint density at radius 2 is 2.00 bits per heavy atom. The number of anilines is 1. The Bertz CT molecular complexity index is 1090. The Labute approximate surface area is 184 Å². The highest BCUT2D eigenvalue weighted by molar-refractivity contribution is 7.22. The number of amides is 1. The number of carbonyl (C=O) groups excluding carboxylic acids is 2. The molecule has 2 heterocycles. The molecule has 7 nitrogen and oxygen atoms in total. The molecule has 1 amide bonds. The van der Waals surface area contributed by atoms with Crippen molar-refractivity contribution in [3.8, 4) is 5.75 Å². The number of rotatable bonds is 7. The number of aromatic nitrogens is 1. The van der Waals surface area contributed by atoms with Gasteiger partial charge >= 0.3 is 5.97 Å². The summed E-state index contributed by atoms with van der Waals surface area (Å²) >= 11 is 1.41. The van der Waals surface area contributed by atoms with Crippen LogP contribution in [0, 0.1) is 0 Å². The first-order chi connectivity index (χ1) is 15.1. The maximum Gasteiger partial charge on any atom is 0.338 e. The molecule has 31 heavy (non-hydrogen) atoms. The van der Waals surface area contributed by atoms with Crippen LogP contribution in [0.5, 0.6) is 5.75 Å². The van der Waals surface area contributed by atoms with Gasteiger partial charge in [0, 0.05) is 6.61 Å². The lowest BCUT2D eigenvalue weighted by Crippen LogP contribution is -2.38. The molecule has 0 bridgehead atoms. The Kier molecular flexibility index (Phi) is 6.48. The van der Waals surface area contributed by atoms with Gasteiger partial charge in [-0.05, 0) is 44.0 Å². The maximum absolute atomic E-state index is 13.7.